The van der Waals surface area contributed by atoms with Crippen molar-refractivity contribution in [3.05, 3.63) is 0 Å². The molecule has 0 aromatic heterocycles. The first-order valence-electron chi connectivity index (χ1n) is 10.7. The minimum absolute atomic E-state index is 0.101. The highest BCUT2D eigenvalue weighted by molar-refractivity contribution is 5.81. The first-order chi connectivity index (χ1) is 12.9. The highest BCUT2D eigenvalue weighted by Crippen LogP contribution is 2.06. The van der Waals surface area contributed by atoms with Crippen LogP contribution in [0.5, 0.6) is 0 Å². The van der Waals surface area contributed by atoms with Crippen LogP contribution in [0.1, 0.15) is 72.1 Å². The Bertz CT molecular complexity index is 361. The maximum Gasteiger partial charge on any atom is 0.236 e. The van der Waals surface area contributed by atoms with Gasteiger partial charge in [-0.25, -0.2) is 0 Å². The van der Waals surface area contributed by atoms with E-state index in [0.717, 1.165) is 32.5 Å². The van der Waals surface area contributed by atoms with Gasteiger partial charge >= 0.3 is 0 Å². The summed E-state index contributed by atoms with van der Waals surface area (Å²) in [6.45, 7) is 9.85. The number of rotatable bonds is 17. The summed E-state index contributed by atoms with van der Waals surface area (Å²) < 4.78 is 0. The van der Waals surface area contributed by atoms with Crippen LogP contribution in [0.3, 0.4) is 0 Å². The first-order valence-corrected chi connectivity index (χ1v) is 10.7. The van der Waals surface area contributed by atoms with E-state index < -0.39 is 12.1 Å². The van der Waals surface area contributed by atoms with Gasteiger partial charge in [-0.15, -0.1) is 0 Å². The number of nitrogens with one attached hydrogen (secondary N) is 2. The highest BCUT2D eigenvalue weighted by Gasteiger charge is 2.09. The Kier molecular flexibility index (Phi) is 16.2. The lowest BCUT2D eigenvalue weighted by Gasteiger charge is -2.23. The Morgan fingerprint density at radius 1 is 0.741 bits per heavy atom. The molecule has 0 radical (unpaired) electrons. The monoisotopic (exact) mass is 385 g/mol. The van der Waals surface area contributed by atoms with Gasteiger partial charge in [-0.05, 0) is 52.7 Å². The molecular weight excluding hydrogens is 342 g/mol. The molecular formula is C20H43N5O2. The topological polar surface area (TPSA) is 113 Å². The molecule has 7 heteroatoms. The Hall–Kier alpha value is -1.18. The quantitative estimate of drug-likeness (QED) is 0.282. The fourth-order valence-electron chi connectivity index (χ4n) is 2.80. The summed E-state index contributed by atoms with van der Waals surface area (Å²) in [5, 5.41) is 5.72. The zero-order valence-electron chi connectivity index (χ0n) is 17.8. The third kappa shape index (κ3) is 15.6. The van der Waals surface area contributed by atoms with E-state index in [1.165, 1.54) is 38.5 Å². The predicted octanol–water partition coefficient (Wildman–Crippen LogP) is 1.36. The van der Waals surface area contributed by atoms with Crippen LogP contribution >= 0.6 is 0 Å². The number of amides is 2. The maximum atomic E-state index is 11.5. The molecule has 27 heavy (non-hydrogen) atoms. The van der Waals surface area contributed by atoms with Crippen LogP contribution in [0.2, 0.25) is 0 Å². The van der Waals surface area contributed by atoms with Gasteiger partial charge in [0.25, 0.3) is 0 Å². The second-order valence-corrected chi connectivity index (χ2v) is 7.48. The van der Waals surface area contributed by atoms with Crippen molar-refractivity contribution < 1.29 is 9.59 Å². The van der Waals surface area contributed by atoms with Crippen molar-refractivity contribution >= 4 is 11.8 Å². The van der Waals surface area contributed by atoms with Gasteiger partial charge < -0.3 is 27.0 Å². The minimum atomic E-state index is -0.460. The fraction of sp³-hybridized carbons (Fsp3) is 0.900. The number of unbranched alkanes of at least 4 members (excludes halogenated alkanes) is 5. The fourth-order valence-corrected chi connectivity index (χ4v) is 2.80. The van der Waals surface area contributed by atoms with Crippen LogP contribution in [0, 0.1) is 0 Å². The van der Waals surface area contributed by atoms with Crippen molar-refractivity contribution in [1.82, 2.24) is 15.5 Å². The maximum absolute atomic E-state index is 11.5. The smallest absolute Gasteiger partial charge is 0.236 e. The van der Waals surface area contributed by atoms with E-state index in [0.29, 0.717) is 13.1 Å². The highest BCUT2D eigenvalue weighted by atomic mass is 16.2. The normalized spacial score (nSPS) is 13.4. The standard InChI is InChI=1S/C20H43N5O2/c1-4-5-6-7-8-9-14-25(15-10-12-23-19(26)17(2)21)16-11-13-24-20(27)18(3)22/h17-18H,4-16,21-22H2,1-3H3,(H,23,26)(H,24,27)/t17-,18-/m0/s1. The Morgan fingerprint density at radius 2 is 1.15 bits per heavy atom. The molecule has 0 aromatic rings. The second kappa shape index (κ2) is 17.0. The summed E-state index contributed by atoms with van der Waals surface area (Å²) in [4.78, 5) is 25.5. The van der Waals surface area contributed by atoms with Crippen molar-refractivity contribution in [3.63, 3.8) is 0 Å². The average molecular weight is 386 g/mol. The molecule has 0 unspecified atom stereocenters. The summed E-state index contributed by atoms with van der Waals surface area (Å²) in [6, 6.07) is -0.921. The molecule has 2 atom stereocenters. The number of hydrogen-bond acceptors (Lipinski definition) is 5. The molecule has 0 aliphatic rings. The van der Waals surface area contributed by atoms with Gasteiger partial charge in [-0.3, -0.25) is 9.59 Å². The number of hydrogen-bond donors (Lipinski definition) is 4. The summed E-state index contributed by atoms with van der Waals surface area (Å²) in [5.41, 5.74) is 11.1. The van der Waals surface area contributed by atoms with Gasteiger partial charge in [0, 0.05) is 13.1 Å². The van der Waals surface area contributed by atoms with Gasteiger partial charge in [0.05, 0.1) is 12.1 Å². The zero-order valence-corrected chi connectivity index (χ0v) is 17.8. The van der Waals surface area contributed by atoms with Crippen molar-refractivity contribution in [1.29, 1.82) is 0 Å². The van der Waals surface area contributed by atoms with Crippen LogP contribution in [0.25, 0.3) is 0 Å². The average Bonchev–Trinajstić information content (AvgIpc) is 2.63. The molecule has 0 aromatic carbocycles. The van der Waals surface area contributed by atoms with Gasteiger partial charge in [-0.2, -0.15) is 0 Å². The molecule has 0 heterocycles. The number of carbonyl (C=O) groups excluding carboxylic acids is 2. The first kappa shape index (κ1) is 25.8. The molecule has 0 fully saturated rings. The summed E-state index contributed by atoms with van der Waals surface area (Å²) >= 11 is 0. The summed E-state index contributed by atoms with van der Waals surface area (Å²) in [5.74, 6) is -0.202. The van der Waals surface area contributed by atoms with Gasteiger partial charge in [-0.1, -0.05) is 39.0 Å². The third-order valence-electron chi connectivity index (χ3n) is 4.56. The van der Waals surface area contributed by atoms with E-state index >= 15 is 0 Å². The van der Waals surface area contributed by atoms with Crippen LogP contribution in [0.15, 0.2) is 0 Å². The van der Waals surface area contributed by atoms with E-state index in [4.69, 9.17) is 11.5 Å². The van der Waals surface area contributed by atoms with E-state index in [1.54, 1.807) is 13.8 Å². The van der Waals surface area contributed by atoms with E-state index in [2.05, 4.69) is 22.5 Å². The van der Waals surface area contributed by atoms with Crippen LogP contribution < -0.4 is 22.1 Å². The molecule has 2 amide bonds. The van der Waals surface area contributed by atoms with Crippen molar-refractivity contribution in [2.45, 2.75) is 84.2 Å². The molecule has 0 saturated carbocycles. The minimum Gasteiger partial charge on any atom is -0.355 e. The lowest BCUT2D eigenvalue weighted by molar-refractivity contribution is -0.122. The Labute approximate surface area is 166 Å². The Morgan fingerprint density at radius 3 is 1.59 bits per heavy atom. The van der Waals surface area contributed by atoms with E-state index in [-0.39, 0.29) is 11.8 Å². The number of nitrogens with zero attached hydrogens (tertiary/aromatic N) is 1. The van der Waals surface area contributed by atoms with Gasteiger partial charge in [0.1, 0.15) is 0 Å². The van der Waals surface area contributed by atoms with Gasteiger partial charge in [0.15, 0.2) is 0 Å². The lowest BCUT2D eigenvalue weighted by Crippen LogP contribution is -2.40. The van der Waals surface area contributed by atoms with E-state index in [1.807, 2.05) is 0 Å². The Balaban J connectivity index is 4.08. The molecule has 0 aliphatic heterocycles. The molecule has 0 aliphatic carbocycles. The number of carbonyl (C=O) groups is 2. The van der Waals surface area contributed by atoms with E-state index in [9.17, 15) is 9.59 Å². The summed E-state index contributed by atoms with van der Waals surface area (Å²) in [7, 11) is 0. The molecule has 0 rings (SSSR count). The number of nitrogens with two attached hydrogens (primary N) is 2. The van der Waals surface area contributed by atoms with Crippen molar-refractivity contribution in [3.8, 4) is 0 Å². The lowest BCUT2D eigenvalue weighted by atomic mass is 10.1. The van der Waals surface area contributed by atoms with Crippen molar-refractivity contribution in [2.24, 2.45) is 11.5 Å². The van der Waals surface area contributed by atoms with Crippen LogP contribution in [-0.2, 0) is 9.59 Å². The van der Waals surface area contributed by atoms with Crippen molar-refractivity contribution in [2.75, 3.05) is 32.7 Å². The SMILES string of the molecule is CCCCCCCCN(CCCNC(=O)[C@H](C)N)CCCNC(=O)[C@H](C)N. The predicted molar refractivity (Wildman–Crippen MR) is 112 cm³/mol. The molecule has 6 N–H and O–H groups in total. The van der Waals surface area contributed by atoms with Gasteiger partial charge in [0.2, 0.25) is 11.8 Å². The van der Waals surface area contributed by atoms with Crippen LogP contribution in [0.4, 0.5) is 0 Å². The third-order valence-corrected chi connectivity index (χ3v) is 4.56. The molecule has 0 saturated heterocycles. The molecule has 0 bridgehead atoms. The second-order valence-electron chi connectivity index (χ2n) is 7.48. The van der Waals surface area contributed by atoms with Crippen LogP contribution in [-0.4, -0.2) is 61.5 Å². The molecule has 160 valence electrons. The molecule has 0 spiro atoms. The summed E-state index contributed by atoms with van der Waals surface area (Å²) in [6.07, 6.45) is 9.48. The zero-order chi connectivity index (χ0) is 20.5. The molecule has 7 nitrogen and oxygen atoms in total. The largest absolute Gasteiger partial charge is 0.355 e.